The summed E-state index contributed by atoms with van der Waals surface area (Å²) in [6.45, 7) is 8.61. The highest BCUT2D eigenvalue weighted by atomic mass is 16.5. The molecule has 1 heterocycles. The molecule has 0 fully saturated rings. The number of guanidine groups is 1. The Bertz CT molecular complexity index is 887. The largest absolute Gasteiger partial charge is 0.457 e. The van der Waals surface area contributed by atoms with Crippen molar-refractivity contribution in [2.24, 2.45) is 10.7 Å². The fourth-order valence-corrected chi connectivity index (χ4v) is 3.16. The first-order valence-electron chi connectivity index (χ1n) is 9.28. The molecule has 1 aliphatic rings. The van der Waals surface area contributed by atoms with E-state index in [1.807, 2.05) is 6.07 Å². The molecule has 5 nitrogen and oxygen atoms in total. The van der Waals surface area contributed by atoms with Gasteiger partial charge in [-0.15, -0.1) is 0 Å². The molecule has 3 rings (SSSR count). The van der Waals surface area contributed by atoms with Gasteiger partial charge < -0.3 is 10.5 Å². The monoisotopic (exact) mass is 365 g/mol. The molecule has 27 heavy (non-hydrogen) atoms. The Balaban J connectivity index is 2.17. The summed E-state index contributed by atoms with van der Waals surface area (Å²) in [4.78, 5) is 17.0. The predicted molar refractivity (Wildman–Crippen MR) is 108 cm³/mol. The number of nitrogens with two attached hydrogens (primary N) is 1. The number of benzene rings is 2. The molecule has 1 unspecified atom stereocenters. The fourth-order valence-electron chi connectivity index (χ4n) is 3.16. The molecule has 0 saturated heterocycles. The molecule has 1 aliphatic heterocycles. The van der Waals surface area contributed by atoms with Crippen LogP contribution in [0.1, 0.15) is 67.8 Å². The molecular formula is C22H27N3O2. The van der Waals surface area contributed by atoms with Gasteiger partial charge in [0.25, 0.3) is 0 Å². The van der Waals surface area contributed by atoms with Crippen LogP contribution in [-0.2, 0) is 4.79 Å². The Hall–Kier alpha value is -2.82. The number of hydrogen-bond acceptors (Lipinski definition) is 3. The van der Waals surface area contributed by atoms with Crippen LogP contribution in [0.2, 0.25) is 0 Å². The van der Waals surface area contributed by atoms with Crippen LogP contribution in [0.25, 0.3) is 0 Å². The van der Waals surface area contributed by atoms with Crippen LogP contribution in [0.3, 0.4) is 0 Å². The number of carbonyl (C=O) groups excluding carboxylic acids is 1. The van der Waals surface area contributed by atoms with Crippen molar-refractivity contribution in [3.63, 3.8) is 0 Å². The smallest absolute Gasteiger partial charge is 0.216 e. The number of ether oxygens (including phenoxy) is 1. The van der Waals surface area contributed by atoms with Crippen LogP contribution in [0.5, 0.6) is 11.5 Å². The number of carbonyl (C=O) groups is 1. The van der Waals surface area contributed by atoms with Gasteiger partial charge in [0, 0.05) is 18.2 Å². The molecule has 0 spiro atoms. The summed E-state index contributed by atoms with van der Waals surface area (Å²) in [5.74, 6) is 2.54. The van der Waals surface area contributed by atoms with Gasteiger partial charge in [0.15, 0.2) is 5.96 Å². The van der Waals surface area contributed by atoms with E-state index in [1.54, 1.807) is 7.05 Å². The average molecular weight is 365 g/mol. The van der Waals surface area contributed by atoms with Crippen LogP contribution < -0.4 is 10.5 Å². The Morgan fingerprint density at radius 3 is 2.30 bits per heavy atom. The van der Waals surface area contributed by atoms with Crippen LogP contribution in [-0.4, -0.2) is 24.3 Å². The maximum absolute atomic E-state index is 11.1. The zero-order valence-electron chi connectivity index (χ0n) is 16.6. The normalized spacial score (nSPS) is 16.0. The zero-order chi connectivity index (χ0) is 19.7. The van der Waals surface area contributed by atoms with E-state index in [0.717, 1.165) is 22.6 Å². The van der Waals surface area contributed by atoms with Crippen LogP contribution in [0.4, 0.5) is 0 Å². The van der Waals surface area contributed by atoms with Crippen molar-refractivity contribution >= 4 is 12.4 Å². The third-order valence-electron chi connectivity index (χ3n) is 4.99. The number of amides is 1. The quantitative estimate of drug-likeness (QED) is 0.492. The van der Waals surface area contributed by atoms with Crippen LogP contribution in [0, 0.1) is 0 Å². The molecule has 142 valence electrons. The number of aliphatic imine (C=N–C) groups is 1. The van der Waals surface area contributed by atoms with E-state index >= 15 is 0 Å². The molecule has 2 aromatic carbocycles. The fraction of sp³-hybridized carbons (Fsp3) is 0.364. The zero-order valence-corrected chi connectivity index (χ0v) is 16.6. The Kier molecular flexibility index (Phi) is 5.22. The van der Waals surface area contributed by atoms with Gasteiger partial charge in [0.05, 0.1) is 0 Å². The molecule has 0 radical (unpaired) electrons. The highest BCUT2D eigenvalue weighted by molar-refractivity contribution is 5.87. The second-order valence-corrected chi connectivity index (χ2v) is 7.61. The summed E-state index contributed by atoms with van der Waals surface area (Å²) in [6.07, 6.45) is 0.659. The molecule has 2 N–H and O–H groups in total. The maximum atomic E-state index is 11.1. The highest BCUT2D eigenvalue weighted by Gasteiger charge is 2.28. The lowest BCUT2D eigenvalue weighted by Crippen LogP contribution is -2.33. The topological polar surface area (TPSA) is 67.9 Å². The first kappa shape index (κ1) is 19.0. The van der Waals surface area contributed by atoms with Gasteiger partial charge in [0.2, 0.25) is 6.41 Å². The third kappa shape index (κ3) is 3.68. The van der Waals surface area contributed by atoms with Gasteiger partial charge in [-0.05, 0) is 41.2 Å². The highest BCUT2D eigenvalue weighted by Crippen LogP contribution is 2.46. The summed E-state index contributed by atoms with van der Waals surface area (Å²) < 4.78 is 6.21. The standard InChI is InChI=1S/C22H27N3O2/c1-13(2)15-7-9-19-18(10-15)21(24-22(23)25(5)12-26)17-8-6-16(14(3)4)11-20(17)27-19/h6-14,21H,1-5H3,(H2,23,24). The summed E-state index contributed by atoms with van der Waals surface area (Å²) >= 11 is 0. The summed E-state index contributed by atoms with van der Waals surface area (Å²) in [5.41, 5.74) is 10.4. The minimum absolute atomic E-state index is 0.177. The Morgan fingerprint density at radius 2 is 1.67 bits per heavy atom. The second kappa shape index (κ2) is 7.43. The third-order valence-corrected chi connectivity index (χ3v) is 4.99. The number of rotatable bonds is 4. The van der Waals surface area contributed by atoms with E-state index in [1.165, 1.54) is 16.0 Å². The van der Waals surface area contributed by atoms with Crippen molar-refractivity contribution in [3.8, 4) is 11.5 Å². The molecule has 5 heteroatoms. The molecule has 0 bridgehead atoms. The molecule has 0 aliphatic carbocycles. The molecular weight excluding hydrogens is 338 g/mol. The van der Waals surface area contributed by atoms with Crippen molar-refractivity contribution in [2.45, 2.75) is 45.6 Å². The van der Waals surface area contributed by atoms with Gasteiger partial charge >= 0.3 is 0 Å². The molecule has 0 saturated carbocycles. The van der Waals surface area contributed by atoms with Gasteiger partial charge in [-0.1, -0.05) is 45.9 Å². The number of fused-ring (bicyclic) bond motifs is 2. The molecule has 0 aromatic heterocycles. The Labute approximate surface area is 160 Å². The van der Waals surface area contributed by atoms with E-state index in [2.05, 4.69) is 63.0 Å². The van der Waals surface area contributed by atoms with Gasteiger partial charge in [-0.25, -0.2) is 4.99 Å². The van der Waals surface area contributed by atoms with Gasteiger partial charge in [0.1, 0.15) is 17.5 Å². The summed E-state index contributed by atoms with van der Waals surface area (Å²) in [7, 11) is 1.60. The van der Waals surface area contributed by atoms with Gasteiger partial charge in [-0.2, -0.15) is 0 Å². The predicted octanol–water partition coefficient (Wildman–Crippen LogP) is 4.53. The molecule has 1 atom stereocenters. The lowest BCUT2D eigenvalue weighted by molar-refractivity contribution is -0.114. The molecule has 1 amide bonds. The van der Waals surface area contributed by atoms with Crippen LogP contribution in [0.15, 0.2) is 41.4 Å². The van der Waals surface area contributed by atoms with Crippen molar-refractivity contribution in [2.75, 3.05) is 7.05 Å². The Morgan fingerprint density at radius 1 is 1.04 bits per heavy atom. The van der Waals surface area contributed by atoms with Crippen molar-refractivity contribution in [1.29, 1.82) is 0 Å². The SMILES string of the molecule is CC(C)c1ccc2c(c1)Oc1ccc(C(C)C)cc1C2/N=C(/N)N(C)C=O. The lowest BCUT2D eigenvalue weighted by atomic mass is 9.89. The van der Waals surface area contributed by atoms with Gasteiger partial charge in [-0.3, -0.25) is 9.69 Å². The van der Waals surface area contributed by atoms with Crippen LogP contribution >= 0.6 is 0 Å². The van der Waals surface area contributed by atoms with E-state index in [-0.39, 0.29) is 12.0 Å². The first-order chi connectivity index (χ1) is 12.8. The van der Waals surface area contributed by atoms with Crippen molar-refractivity contribution < 1.29 is 9.53 Å². The molecule has 2 aromatic rings. The number of hydrogen-bond donors (Lipinski definition) is 1. The van der Waals surface area contributed by atoms with Crippen molar-refractivity contribution in [1.82, 2.24) is 4.90 Å². The second-order valence-electron chi connectivity index (χ2n) is 7.61. The first-order valence-corrected chi connectivity index (χ1v) is 9.28. The minimum Gasteiger partial charge on any atom is -0.457 e. The summed E-state index contributed by atoms with van der Waals surface area (Å²) in [6, 6.07) is 12.1. The van der Waals surface area contributed by atoms with E-state index in [4.69, 9.17) is 10.5 Å². The lowest BCUT2D eigenvalue weighted by Gasteiger charge is -2.28. The number of nitrogens with zero attached hydrogens (tertiary/aromatic N) is 2. The minimum atomic E-state index is -0.314. The maximum Gasteiger partial charge on any atom is 0.216 e. The van der Waals surface area contributed by atoms with E-state index < -0.39 is 0 Å². The van der Waals surface area contributed by atoms with E-state index in [0.29, 0.717) is 18.2 Å². The van der Waals surface area contributed by atoms with Crippen molar-refractivity contribution in [3.05, 3.63) is 58.7 Å². The van der Waals surface area contributed by atoms with E-state index in [9.17, 15) is 4.79 Å². The average Bonchev–Trinajstić information content (AvgIpc) is 2.65. The summed E-state index contributed by atoms with van der Waals surface area (Å²) in [5, 5.41) is 0.